The van der Waals surface area contributed by atoms with E-state index in [1.807, 2.05) is 6.07 Å². The maximum atomic E-state index is 11.6. The summed E-state index contributed by atoms with van der Waals surface area (Å²) in [6.45, 7) is 1.42. The largest absolute Gasteiger partial charge is 0.480 e. The van der Waals surface area contributed by atoms with E-state index in [0.717, 1.165) is 9.88 Å². The average Bonchev–Trinajstić information content (AvgIpc) is 2.97. The van der Waals surface area contributed by atoms with E-state index in [9.17, 15) is 9.59 Å². The zero-order valence-corrected chi connectivity index (χ0v) is 12.8. The lowest BCUT2D eigenvalue weighted by atomic mass is 10.3. The Morgan fingerprint density at radius 2 is 2.25 bits per heavy atom. The molecule has 0 spiro atoms. The molecule has 1 amide bonds. The molecule has 0 bridgehead atoms. The Kier molecular flexibility index (Phi) is 4.74. The van der Waals surface area contributed by atoms with Crippen molar-refractivity contribution in [1.29, 1.82) is 0 Å². The lowest BCUT2D eigenvalue weighted by Gasteiger charge is -2.07. The summed E-state index contributed by atoms with van der Waals surface area (Å²) in [4.78, 5) is 27.6. The second-order valence-electron chi connectivity index (χ2n) is 4.05. The number of amides is 1. The Hall–Kier alpha value is -1.44. The van der Waals surface area contributed by atoms with Gasteiger partial charge in [-0.05, 0) is 19.1 Å². The highest BCUT2D eigenvalue weighted by atomic mass is 35.5. The molecule has 0 aliphatic rings. The second-order valence-corrected chi connectivity index (χ2v) is 6.63. The third-order valence-electron chi connectivity index (χ3n) is 2.43. The van der Waals surface area contributed by atoms with E-state index < -0.39 is 12.0 Å². The molecule has 0 radical (unpaired) electrons. The van der Waals surface area contributed by atoms with E-state index in [-0.39, 0.29) is 12.3 Å². The third kappa shape index (κ3) is 3.78. The molecule has 2 aromatic rings. The predicted octanol–water partition coefficient (Wildman–Crippen LogP) is 2.66. The number of hydrogen-bond acceptors (Lipinski definition) is 5. The summed E-state index contributed by atoms with van der Waals surface area (Å²) in [6, 6.07) is 2.77. The predicted molar refractivity (Wildman–Crippen MR) is 79.4 cm³/mol. The number of carboxylic acids is 1. The van der Waals surface area contributed by atoms with Gasteiger partial charge in [0, 0.05) is 5.38 Å². The molecular weight excluding hydrogens is 320 g/mol. The van der Waals surface area contributed by atoms with Crippen LogP contribution in [0, 0.1) is 0 Å². The van der Waals surface area contributed by atoms with Gasteiger partial charge in [0.15, 0.2) is 0 Å². The smallest absolute Gasteiger partial charge is 0.325 e. The highest BCUT2D eigenvalue weighted by Gasteiger charge is 2.15. The first-order valence-electron chi connectivity index (χ1n) is 5.68. The van der Waals surface area contributed by atoms with Crippen molar-refractivity contribution >= 4 is 46.2 Å². The Morgan fingerprint density at radius 1 is 1.50 bits per heavy atom. The minimum absolute atomic E-state index is 0.0627. The first kappa shape index (κ1) is 15.0. The molecule has 5 nitrogen and oxygen atoms in total. The summed E-state index contributed by atoms with van der Waals surface area (Å²) >= 11 is 8.71. The molecule has 2 N–H and O–H groups in total. The fourth-order valence-electron chi connectivity index (χ4n) is 1.45. The molecule has 20 heavy (non-hydrogen) atoms. The molecule has 0 unspecified atom stereocenters. The van der Waals surface area contributed by atoms with Crippen molar-refractivity contribution in [3.05, 3.63) is 27.5 Å². The first-order valence-corrected chi connectivity index (χ1v) is 7.75. The molecule has 2 aromatic heterocycles. The van der Waals surface area contributed by atoms with Gasteiger partial charge < -0.3 is 10.4 Å². The van der Waals surface area contributed by atoms with Crippen molar-refractivity contribution in [3.8, 4) is 9.88 Å². The van der Waals surface area contributed by atoms with Gasteiger partial charge in [0.2, 0.25) is 5.91 Å². The summed E-state index contributed by atoms with van der Waals surface area (Å²) in [5.41, 5.74) is 0.615. The van der Waals surface area contributed by atoms with Crippen molar-refractivity contribution in [2.24, 2.45) is 0 Å². The van der Waals surface area contributed by atoms with Crippen LogP contribution in [0.4, 0.5) is 0 Å². The molecule has 2 rings (SSSR count). The number of thiophene rings is 1. The van der Waals surface area contributed by atoms with Crippen LogP contribution in [-0.4, -0.2) is 28.0 Å². The van der Waals surface area contributed by atoms with E-state index >= 15 is 0 Å². The molecule has 106 valence electrons. The van der Waals surface area contributed by atoms with Gasteiger partial charge >= 0.3 is 5.97 Å². The van der Waals surface area contributed by atoms with Gasteiger partial charge in [0.05, 0.1) is 21.3 Å². The van der Waals surface area contributed by atoms with Crippen molar-refractivity contribution in [2.75, 3.05) is 0 Å². The number of carboxylic acid groups (broad SMARTS) is 1. The zero-order valence-electron chi connectivity index (χ0n) is 10.4. The molecule has 0 aliphatic carbocycles. The van der Waals surface area contributed by atoms with Crippen LogP contribution >= 0.6 is 34.3 Å². The number of halogens is 1. The van der Waals surface area contributed by atoms with Crippen LogP contribution in [0.25, 0.3) is 9.88 Å². The van der Waals surface area contributed by atoms with Crippen LogP contribution in [0.15, 0.2) is 17.5 Å². The Labute approximate surface area is 128 Å². The topological polar surface area (TPSA) is 79.3 Å². The highest BCUT2D eigenvalue weighted by Crippen LogP contribution is 2.32. The minimum Gasteiger partial charge on any atom is -0.480 e. The van der Waals surface area contributed by atoms with Crippen molar-refractivity contribution < 1.29 is 14.7 Å². The number of hydrogen-bond donors (Lipinski definition) is 2. The number of nitrogens with one attached hydrogen (secondary N) is 1. The van der Waals surface area contributed by atoms with Crippen LogP contribution in [-0.2, 0) is 16.0 Å². The maximum absolute atomic E-state index is 11.6. The number of thiazole rings is 1. The fraction of sp³-hybridized carbons (Fsp3) is 0.250. The standard InChI is InChI=1S/C12H11ClN2O3S2/c1-6(12(17)18)14-10(16)4-7-5-19-11(15-7)8-2-3-9(13)20-8/h2-3,5-6H,4H2,1H3,(H,14,16)(H,17,18)/t6-/m0/s1. The van der Waals surface area contributed by atoms with Gasteiger partial charge in [-0.3, -0.25) is 9.59 Å². The van der Waals surface area contributed by atoms with E-state index in [2.05, 4.69) is 10.3 Å². The summed E-state index contributed by atoms with van der Waals surface area (Å²) in [6.07, 6.45) is 0.0627. The number of carbonyl (C=O) groups is 2. The van der Waals surface area contributed by atoms with Gasteiger partial charge in [-0.15, -0.1) is 22.7 Å². The quantitative estimate of drug-likeness (QED) is 0.883. The minimum atomic E-state index is -1.06. The van der Waals surface area contributed by atoms with Crippen LogP contribution in [0.3, 0.4) is 0 Å². The summed E-state index contributed by atoms with van der Waals surface area (Å²) in [5.74, 6) is -1.42. The van der Waals surface area contributed by atoms with E-state index in [1.54, 1.807) is 11.4 Å². The summed E-state index contributed by atoms with van der Waals surface area (Å²) in [5, 5.41) is 13.7. The molecule has 0 aromatic carbocycles. The fourth-order valence-corrected chi connectivity index (χ4v) is 3.38. The number of rotatable bonds is 5. The molecule has 2 heterocycles. The van der Waals surface area contributed by atoms with E-state index in [4.69, 9.17) is 16.7 Å². The number of carbonyl (C=O) groups excluding carboxylic acids is 1. The Bertz CT molecular complexity index is 638. The molecule has 0 aliphatic heterocycles. The van der Waals surface area contributed by atoms with Gasteiger partial charge in [0.25, 0.3) is 0 Å². The van der Waals surface area contributed by atoms with E-state index in [1.165, 1.54) is 29.6 Å². The van der Waals surface area contributed by atoms with Crippen molar-refractivity contribution in [2.45, 2.75) is 19.4 Å². The monoisotopic (exact) mass is 330 g/mol. The molecule has 0 fully saturated rings. The second kappa shape index (κ2) is 6.34. The normalized spacial score (nSPS) is 12.1. The molecule has 8 heteroatoms. The lowest BCUT2D eigenvalue weighted by Crippen LogP contribution is -2.39. The van der Waals surface area contributed by atoms with Crippen molar-refractivity contribution in [1.82, 2.24) is 10.3 Å². The van der Waals surface area contributed by atoms with Crippen LogP contribution in [0.2, 0.25) is 4.34 Å². The van der Waals surface area contributed by atoms with Crippen LogP contribution in [0.5, 0.6) is 0 Å². The number of aromatic nitrogens is 1. The van der Waals surface area contributed by atoms with Gasteiger partial charge in [-0.1, -0.05) is 11.6 Å². The Balaban J connectivity index is 1.99. The van der Waals surface area contributed by atoms with E-state index in [0.29, 0.717) is 10.0 Å². The molecule has 0 saturated carbocycles. The lowest BCUT2D eigenvalue weighted by molar-refractivity contribution is -0.141. The zero-order chi connectivity index (χ0) is 14.7. The van der Waals surface area contributed by atoms with Crippen LogP contribution in [0.1, 0.15) is 12.6 Å². The highest BCUT2D eigenvalue weighted by molar-refractivity contribution is 7.23. The molecular formula is C12H11ClN2O3S2. The number of aliphatic carboxylic acids is 1. The average molecular weight is 331 g/mol. The summed E-state index contributed by atoms with van der Waals surface area (Å²) < 4.78 is 0.685. The van der Waals surface area contributed by atoms with Crippen molar-refractivity contribution in [3.63, 3.8) is 0 Å². The SMILES string of the molecule is C[C@H](NC(=O)Cc1csc(-c2ccc(Cl)s2)n1)C(=O)O. The number of nitrogens with zero attached hydrogens (tertiary/aromatic N) is 1. The van der Waals surface area contributed by atoms with Gasteiger partial charge in [0.1, 0.15) is 11.0 Å². The molecule has 0 saturated heterocycles. The molecule has 1 atom stereocenters. The third-order valence-corrected chi connectivity index (χ3v) is 4.72. The summed E-state index contributed by atoms with van der Waals surface area (Å²) in [7, 11) is 0. The first-order chi connectivity index (χ1) is 9.45. The van der Waals surface area contributed by atoms with Crippen LogP contribution < -0.4 is 5.32 Å². The Morgan fingerprint density at radius 3 is 2.85 bits per heavy atom. The maximum Gasteiger partial charge on any atom is 0.325 e. The van der Waals surface area contributed by atoms with Gasteiger partial charge in [-0.2, -0.15) is 0 Å². The van der Waals surface area contributed by atoms with Gasteiger partial charge in [-0.25, -0.2) is 4.98 Å².